The second-order valence-electron chi connectivity index (χ2n) is 4.69. The molecule has 0 saturated carbocycles. The first kappa shape index (κ1) is 14.6. The van der Waals surface area contributed by atoms with Gasteiger partial charge in [-0.25, -0.2) is 4.98 Å². The quantitative estimate of drug-likeness (QED) is 0.598. The maximum atomic E-state index is 10.1. The fraction of sp³-hybridized carbons (Fsp3) is 0.400. The minimum absolute atomic E-state index is 0.408. The first-order valence-electron chi connectivity index (χ1n) is 6.75. The van der Waals surface area contributed by atoms with Gasteiger partial charge in [0.25, 0.3) is 6.01 Å². The maximum absolute atomic E-state index is 10.1. The number of aliphatic hydroxyl groups excluding tert-OH is 1. The summed E-state index contributed by atoms with van der Waals surface area (Å²) in [7, 11) is 1.54. The predicted octanol–water partition coefficient (Wildman–Crippen LogP) is 1.87. The molecule has 2 N–H and O–H groups in total. The van der Waals surface area contributed by atoms with Gasteiger partial charge in [0.2, 0.25) is 0 Å². The standard InChI is InChI=1S/C15H21N3O2/c1-12-11-18(15(17-12)20-2)14(19)16-10-6-9-13-7-4-3-5-8-13/h3-5,7-8,11,14,16,19H,6,9-10H2,1-2H3. The molecule has 0 amide bonds. The Bertz CT molecular complexity index is 525. The minimum atomic E-state index is -0.818. The molecule has 0 saturated heterocycles. The van der Waals surface area contributed by atoms with Gasteiger partial charge in [0.05, 0.1) is 12.8 Å². The highest BCUT2D eigenvalue weighted by atomic mass is 16.5. The van der Waals surface area contributed by atoms with Crippen molar-refractivity contribution < 1.29 is 9.84 Å². The molecule has 5 nitrogen and oxygen atoms in total. The molecule has 0 spiro atoms. The summed E-state index contributed by atoms with van der Waals surface area (Å²) >= 11 is 0. The van der Waals surface area contributed by atoms with Gasteiger partial charge in [0.1, 0.15) is 0 Å². The second kappa shape index (κ2) is 7.07. The molecular formula is C15H21N3O2. The van der Waals surface area contributed by atoms with Crippen LogP contribution >= 0.6 is 0 Å². The molecule has 1 heterocycles. The van der Waals surface area contributed by atoms with Crippen molar-refractivity contribution in [2.24, 2.45) is 0 Å². The van der Waals surface area contributed by atoms with E-state index in [0.717, 1.165) is 25.1 Å². The normalized spacial score (nSPS) is 12.3. The highest BCUT2D eigenvalue weighted by Gasteiger charge is 2.12. The molecule has 0 aliphatic carbocycles. The number of imidazole rings is 1. The lowest BCUT2D eigenvalue weighted by atomic mass is 10.1. The summed E-state index contributed by atoms with van der Waals surface area (Å²) in [6.45, 7) is 2.58. The van der Waals surface area contributed by atoms with Gasteiger partial charge in [-0.1, -0.05) is 30.3 Å². The Kier molecular flexibility index (Phi) is 5.15. The van der Waals surface area contributed by atoms with E-state index >= 15 is 0 Å². The molecule has 20 heavy (non-hydrogen) atoms. The van der Waals surface area contributed by atoms with E-state index in [9.17, 15) is 5.11 Å². The van der Waals surface area contributed by atoms with Crippen molar-refractivity contribution in [3.63, 3.8) is 0 Å². The lowest BCUT2D eigenvalue weighted by Crippen LogP contribution is -2.27. The third-order valence-electron chi connectivity index (χ3n) is 3.08. The van der Waals surface area contributed by atoms with E-state index in [1.807, 2.05) is 25.1 Å². The van der Waals surface area contributed by atoms with Crippen LogP contribution in [0.4, 0.5) is 0 Å². The first-order valence-corrected chi connectivity index (χ1v) is 6.75. The summed E-state index contributed by atoms with van der Waals surface area (Å²) in [4.78, 5) is 4.17. The molecule has 5 heteroatoms. The van der Waals surface area contributed by atoms with Gasteiger partial charge in [0, 0.05) is 6.20 Å². The number of benzene rings is 1. The van der Waals surface area contributed by atoms with Crippen LogP contribution < -0.4 is 10.1 Å². The monoisotopic (exact) mass is 275 g/mol. The zero-order valence-electron chi connectivity index (χ0n) is 11.9. The summed E-state index contributed by atoms with van der Waals surface area (Å²) in [5.74, 6) is 0. The number of aryl methyl sites for hydroxylation is 2. The molecule has 1 aromatic heterocycles. The summed E-state index contributed by atoms with van der Waals surface area (Å²) in [6, 6.07) is 10.7. The number of rotatable bonds is 7. The first-order chi connectivity index (χ1) is 9.70. The van der Waals surface area contributed by atoms with Crippen LogP contribution in [-0.4, -0.2) is 28.3 Å². The van der Waals surface area contributed by atoms with E-state index < -0.39 is 6.35 Å². The maximum Gasteiger partial charge on any atom is 0.299 e. The fourth-order valence-electron chi connectivity index (χ4n) is 2.09. The van der Waals surface area contributed by atoms with Gasteiger partial charge in [0.15, 0.2) is 6.35 Å². The predicted molar refractivity (Wildman–Crippen MR) is 77.5 cm³/mol. The van der Waals surface area contributed by atoms with Gasteiger partial charge >= 0.3 is 0 Å². The Morgan fingerprint density at radius 1 is 1.35 bits per heavy atom. The van der Waals surface area contributed by atoms with Crippen molar-refractivity contribution in [1.82, 2.24) is 14.9 Å². The fourth-order valence-corrected chi connectivity index (χ4v) is 2.09. The van der Waals surface area contributed by atoms with Gasteiger partial charge in [-0.2, -0.15) is 0 Å². The van der Waals surface area contributed by atoms with Crippen molar-refractivity contribution in [1.29, 1.82) is 0 Å². The molecule has 1 unspecified atom stereocenters. The van der Waals surface area contributed by atoms with Crippen molar-refractivity contribution in [2.45, 2.75) is 26.1 Å². The van der Waals surface area contributed by atoms with Crippen molar-refractivity contribution >= 4 is 0 Å². The van der Waals surface area contributed by atoms with Crippen molar-refractivity contribution in [2.75, 3.05) is 13.7 Å². The van der Waals surface area contributed by atoms with Crippen LogP contribution in [0, 0.1) is 6.92 Å². The molecule has 2 aromatic rings. The number of nitrogens with zero attached hydrogens (tertiary/aromatic N) is 2. The third kappa shape index (κ3) is 3.82. The molecule has 2 rings (SSSR count). The Morgan fingerprint density at radius 2 is 2.10 bits per heavy atom. The number of nitrogens with one attached hydrogen (secondary N) is 1. The van der Waals surface area contributed by atoms with E-state index in [2.05, 4.69) is 22.4 Å². The highest BCUT2D eigenvalue weighted by Crippen LogP contribution is 2.14. The number of hydrogen-bond donors (Lipinski definition) is 2. The van der Waals surface area contributed by atoms with Crippen LogP contribution in [0.15, 0.2) is 36.5 Å². The number of ether oxygens (including phenoxy) is 1. The third-order valence-corrected chi connectivity index (χ3v) is 3.08. The number of aliphatic hydroxyl groups is 1. The van der Waals surface area contributed by atoms with E-state index in [0.29, 0.717) is 6.01 Å². The van der Waals surface area contributed by atoms with Crippen molar-refractivity contribution in [3.8, 4) is 6.01 Å². The Morgan fingerprint density at radius 3 is 2.80 bits per heavy atom. The largest absolute Gasteiger partial charge is 0.468 e. The van der Waals surface area contributed by atoms with E-state index in [4.69, 9.17) is 4.74 Å². The average Bonchev–Trinajstić information content (AvgIpc) is 2.86. The van der Waals surface area contributed by atoms with Crippen LogP contribution in [0.3, 0.4) is 0 Å². The topological polar surface area (TPSA) is 59.3 Å². The highest BCUT2D eigenvalue weighted by molar-refractivity contribution is 5.14. The van der Waals surface area contributed by atoms with Crippen LogP contribution in [0.1, 0.15) is 24.0 Å². The minimum Gasteiger partial charge on any atom is -0.468 e. The summed E-state index contributed by atoms with van der Waals surface area (Å²) < 4.78 is 6.70. The van der Waals surface area contributed by atoms with Gasteiger partial charge in [-0.05, 0) is 31.9 Å². The van der Waals surface area contributed by atoms with Gasteiger partial charge in [-0.15, -0.1) is 0 Å². The smallest absolute Gasteiger partial charge is 0.299 e. The molecular weight excluding hydrogens is 254 g/mol. The molecule has 0 bridgehead atoms. The van der Waals surface area contributed by atoms with Crippen LogP contribution in [0.25, 0.3) is 0 Å². The average molecular weight is 275 g/mol. The van der Waals surface area contributed by atoms with Crippen LogP contribution in [0.2, 0.25) is 0 Å². The number of methoxy groups -OCH3 is 1. The van der Waals surface area contributed by atoms with Crippen LogP contribution in [-0.2, 0) is 6.42 Å². The molecule has 1 aromatic carbocycles. The second-order valence-corrected chi connectivity index (χ2v) is 4.69. The number of aromatic nitrogens is 2. The van der Waals surface area contributed by atoms with Gasteiger partial charge in [-0.3, -0.25) is 9.88 Å². The van der Waals surface area contributed by atoms with E-state index in [1.54, 1.807) is 17.9 Å². The summed E-state index contributed by atoms with van der Waals surface area (Å²) in [5.41, 5.74) is 2.12. The van der Waals surface area contributed by atoms with Crippen LogP contribution in [0.5, 0.6) is 6.01 Å². The Hall–Kier alpha value is -1.85. The Labute approximate surface area is 119 Å². The number of hydrogen-bond acceptors (Lipinski definition) is 4. The summed E-state index contributed by atoms with van der Waals surface area (Å²) in [5, 5.41) is 13.1. The van der Waals surface area contributed by atoms with E-state index in [-0.39, 0.29) is 0 Å². The Balaban J connectivity index is 1.79. The van der Waals surface area contributed by atoms with Gasteiger partial charge < -0.3 is 9.84 Å². The summed E-state index contributed by atoms with van der Waals surface area (Å²) in [6.07, 6.45) is 2.88. The lowest BCUT2D eigenvalue weighted by molar-refractivity contribution is 0.0594. The molecule has 108 valence electrons. The lowest BCUT2D eigenvalue weighted by Gasteiger charge is -2.15. The van der Waals surface area contributed by atoms with Crippen molar-refractivity contribution in [3.05, 3.63) is 47.8 Å². The molecule has 0 radical (unpaired) electrons. The zero-order chi connectivity index (χ0) is 14.4. The molecule has 0 fully saturated rings. The van der Waals surface area contributed by atoms with E-state index in [1.165, 1.54) is 5.56 Å². The zero-order valence-corrected chi connectivity index (χ0v) is 11.9. The SMILES string of the molecule is COc1nc(C)cn1C(O)NCCCc1ccccc1. The molecule has 0 aliphatic rings. The molecule has 1 atom stereocenters. The molecule has 0 aliphatic heterocycles.